The molecule has 1 aliphatic carbocycles. The summed E-state index contributed by atoms with van der Waals surface area (Å²) < 4.78 is 0. The third kappa shape index (κ3) is 6.28. The smallest absolute Gasteiger partial charge is 0.0123 e. The minimum Gasteiger partial charge on any atom is -0.312 e. The fourth-order valence-electron chi connectivity index (χ4n) is 4.26. The molecule has 0 spiro atoms. The Morgan fingerprint density at radius 3 is 2.43 bits per heavy atom. The average Bonchev–Trinajstić information content (AvgIpc) is 2.45. The van der Waals surface area contributed by atoms with Crippen molar-refractivity contribution in [3.8, 4) is 0 Å². The van der Waals surface area contributed by atoms with E-state index in [4.69, 9.17) is 0 Å². The van der Waals surface area contributed by atoms with E-state index >= 15 is 0 Å². The minimum atomic E-state index is 0.282. The molecule has 0 amide bonds. The van der Waals surface area contributed by atoms with Gasteiger partial charge in [-0.1, -0.05) is 25.7 Å². The summed E-state index contributed by atoms with van der Waals surface area (Å²) in [6, 6.07) is 0.954. The highest BCUT2D eigenvalue weighted by molar-refractivity contribution is 4.87. The number of nitrogens with zero attached hydrogens (tertiary/aromatic N) is 1. The highest BCUT2D eigenvalue weighted by atomic mass is 15.2. The number of hydrogen-bond donors (Lipinski definition) is 1. The van der Waals surface area contributed by atoms with E-state index in [1.165, 1.54) is 83.8 Å². The molecule has 0 aromatic carbocycles. The van der Waals surface area contributed by atoms with E-state index in [0.29, 0.717) is 0 Å². The van der Waals surface area contributed by atoms with Gasteiger partial charge < -0.3 is 10.2 Å². The Balaban J connectivity index is 1.54. The first-order valence-electron chi connectivity index (χ1n) is 9.55. The molecule has 0 radical (unpaired) electrons. The van der Waals surface area contributed by atoms with Crippen LogP contribution in [0.5, 0.6) is 0 Å². The van der Waals surface area contributed by atoms with Crippen LogP contribution in [0.25, 0.3) is 0 Å². The lowest BCUT2D eigenvalue weighted by molar-refractivity contribution is 0.0595. The molecule has 0 aromatic heterocycles. The first kappa shape index (κ1) is 17.3. The van der Waals surface area contributed by atoms with Gasteiger partial charge in [-0.2, -0.15) is 0 Å². The Morgan fingerprint density at radius 2 is 1.62 bits per heavy atom. The lowest BCUT2D eigenvalue weighted by atomic mass is 9.78. The Hall–Kier alpha value is -0.0800. The molecule has 1 saturated carbocycles. The molecular formula is C19H38N2. The molecule has 2 heteroatoms. The van der Waals surface area contributed by atoms with Crippen molar-refractivity contribution in [2.24, 2.45) is 5.92 Å². The van der Waals surface area contributed by atoms with Crippen LogP contribution in [-0.2, 0) is 0 Å². The van der Waals surface area contributed by atoms with Gasteiger partial charge in [0.2, 0.25) is 0 Å². The van der Waals surface area contributed by atoms with E-state index in [2.05, 4.69) is 31.0 Å². The highest BCUT2D eigenvalue weighted by Gasteiger charge is 2.32. The standard InChI is InChI=1S/C19H38N2/c1-19(2,3)20-14-8-4-5-9-15-21-16-10-12-17-11-6-7-13-18(17)21/h17-18,20H,4-16H2,1-3H3/t17-,18-/m1/s1. The van der Waals surface area contributed by atoms with Gasteiger partial charge in [0, 0.05) is 11.6 Å². The van der Waals surface area contributed by atoms with Crippen LogP contribution in [0, 0.1) is 5.92 Å². The lowest BCUT2D eigenvalue weighted by Crippen LogP contribution is -2.47. The molecule has 1 heterocycles. The molecule has 0 unspecified atom stereocenters. The third-order valence-corrected chi connectivity index (χ3v) is 5.39. The molecule has 2 aliphatic rings. The van der Waals surface area contributed by atoms with Crippen LogP contribution < -0.4 is 5.32 Å². The van der Waals surface area contributed by atoms with Gasteiger partial charge in [-0.25, -0.2) is 0 Å². The molecule has 1 aliphatic heterocycles. The number of likely N-dealkylation sites (tertiary alicyclic amines) is 1. The maximum atomic E-state index is 3.59. The fourth-order valence-corrected chi connectivity index (χ4v) is 4.26. The summed E-state index contributed by atoms with van der Waals surface area (Å²) in [5.41, 5.74) is 0.282. The normalized spacial score (nSPS) is 27.6. The predicted molar refractivity (Wildman–Crippen MR) is 92.8 cm³/mol. The second-order valence-corrected chi connectivity index (χ2v) is 8.38. The summed E-state index contributed by atoms with van der Waals surface area (Å²) in [7, 11) is 0. The molecule has 2 fully saturated rings. The monoisotopic (exact) mass is 294 g/mol. The number of rotatable bonds is 7. The zero-order valence-electron chi connectivity index (χ0n) is 14.8. The van der Waals surface area contributed by atoms with Crippen molar-refractivity contribution in [1.29, 1.82) is 0 Å². The number of hydrogen-bond acceptors (Lipinski definition) is 2. The molecule has 0 aromatic rings. The summed E-state index contributed by atoms with van der Waals surface area (Å²) in [5, 5.41) is 3.59. The van der Waals surface area contributed by atoms with Crippen molar-refractivity contribution < 1.29 is 0 Å². The second kappa shape index (κ2) is 8.53. The molecular weight excluding hydrogens is 256 g/mol. The van der Waals surface area contributed by atoms with Crippen LogP contribution in [0.4, 0.5) is 0 Å². The number of fused-ring (bicyclic) bond motifs is 1. The van der Waals surface area contributed by atoms with Gasteiger partial charge in [-0.05, 0) is 84.8 Å². The van der Waals surface area contributed by atoms with E-state index in [9.17, 15) is 0 Å². The van der Waals surface area contributed by atoms with Gasteiger partial charge in [0.15, 0.2) is 0 Å². The van der Waals surface area contributed by atoms with Gasteiger partial charge in [-0.15, -0.1) is 0 Å². The van der Waals surface area contributed by atoms with Crippen LogP contribution in [0.1, 0.15) is 85.0 Å². The summed E-state index contributed by atoms with van der Waals surface area (Å²) in [6.07, 6.45) is 14.5. The van der Waals surface area contributed by atoms with Gasteiger partial charge in [-0.3, -0.25) is 0 Å². The first-order valence-corrected chi connectivity index (χ1v) is 9.55. The molecule has 1 saturated heterocycles. The molecule has 124 valence electrons. The van der Waals surface area contributed by atoms with Crippen LogP contribution in [0.2, 0.25) is 0 Å². The largest absolute Gasteiger partial charge is 0.312 e. The minimum absolute atomic E-state index is 0.282. The summed E-state index contributed by atoms with van der Waals surface area (Å²) >= 11 is 0. The van der Waals surface area contributed by atoms with Crippen LogP contribution in [0.15, 0.2) is 0 Å². The van der Waals surface area contributed by atoms with Crippen molar-refractivity contribution in [1.82, 2.24) is 10.2 Å². The summed E-state index contributed by atoms with van der Waals surface area (Å²) in [4.78, 5) is 2.85. The van der Waals surface area contributed by atoms with Crippen LogP contribution in [0.3, 0.4) is 0 Å². The maximum Gasteiger partial charge on any atom is 0.0123 e. The Morgan fingerprint density at radius 1 is 0.905 bits per heavy atom. The SMILES string of the molecule is CC(C)(C)NCCCCCCN1CCC[C@H]2CCCC[C@H]21. The lowest BCUT2D eigenvalue weighted by Gasteiger charge is -2.44. The molecule has 21 heavy (non-hydrogen) atoms. The fraction of sp³-hybridized carbons (Fsp3) is 1.00. The highest BCUT2D eigenvalue weighted by Crippen LogP contribution is 2.35. The number of unbranched alkanes of at least 4 members (excludes halogenated alkanes) is 3. The predicted octanol–water partition coefficient (Wildman–Crippen LogP) is 4.59. The van der Waals surface area contributed by atoms with Gasteiger partial charge in [0.1, 0.15) is 0 Å². The Labute approximate surface area is 133 Å². The van der Waals surface area contributed by atoms with Gasteiger partial charge in [0.25, 0.3) is 0 Å². The molecule has 1 N–H and O–H groups in total. The quantitative estimate of drug-likeness (QED) is 0.691. The maximum absolute atomic E-state index is 3.59. The van der Waals surface area contributed by atoms with E-state index in [-0.39, 0.29) is 5.54 Å². The van der Waals surface area contributed by atoms with E-state index in [0.717, 1.165) is 12.0 Å². The van der Waals surface area contributed by atoms with Crippen LogP contribution in [-0.4, -0.2) is 36.1 Å². The number of piperidine rings is 1. The zero-order chi connectivity index (χ0) is 15.1. The third-order valence-electron chi connectivity index (χ3n) is 5.39. The van der Waals surface area contributed by atoms with Crippen molar-refractivity contribution >= 4 is 0 Å². The summed E-state index contributed by atoms with van der Waals surface area (Å²) in [6.45, 7) is 10.7. The average molecular weight is 295 g/mol. The van der Waals surface area contributed by atoms with Crippen molar-refractivity contribution in [3.63, 3.8) is 0 Å². The van der Waals surface area contributed by atoms with Crippen LogP contribution >= 0.6 is 0 Å². The summed E-state index contributed by atoms with van der Waals surface area (Å²) in [5.74, 6) is 1.04. The second-order valence-electron chi connectivity index (χ2n) is 8.38. The Kier molecular flexibility index (Phi) is 7.01. The molecule has 2 nitrogen and oxygen atoms in total. The molecule has 2 atom stereocenters. The van der Waals surface area contributed by atoms with Crippen molar-refractivity contribution in [2.75, 3.05) is 19.6 Å². The van der Waals surface area contributed by atoms with Gasteiger partial charge in [0.05, 0.1) is 0 Å². The Bertz CT molecular complexity index is 280. The van der Waals surface area contributed by atoms with Crippen molar-refractivity contribution in [2.45, 2.75) is 96.6 Å². The molecule has 2 rings (SSSR count). The topological polar surface area (TPSA) is 15.3 Å². The number of nitrogens with one attached hydrogen (secondary N) is 1. The van der Waals surface area contributed by atoms with E-state index in [1.807, 2.05) is 0 Å². The first-order chi connectivity index (χ1) is 10.1. The van der Waals surface area contributed by atoms with E-state index < -0.39 is 0 Å². The zero-order valence-corrected chi connectivity index (χ0v) is 14.8. The molecule has 0 bridgehead atoms. The van der Waals surface area contributed by atoms with E-state index in [1.54, 1.807) is 0 Å². The van der Waals surface area contributed by atoms with Crippen molar-refractivity contribution in [3.05, 3.63) is 0 Å². The van der Waals surface area contributed by atoms with Gasteiger partial charge >= 0.3 is 0 Å².